The minimum Gasteiger partial charge on any atom is -0.478 e. The molecule has 0 spiro atoms. The molecule has 2 aromatic carbocycles. The lowest BCUT2D eigenvalue weighted by atomic mass is 9.94. The largest absolute Gasteiger partial charge is 0.478 e. The van der Waals surface area contributed by atoms with E-state index in [1.807, 2.05) is 19.1 Å². The van der Waals surface area contributed by atoms with Crippen LogP contribution in [0.2, 0.25) is 0 Å². The lowest BCUT2D eigenvalue weighted by Gasteiger charge is -2.30. The van der Waals surface area contributed by atoms with Crippen LogP contribution in [0.4, 0.5) is 10.1 Å². The summed E-state index contributed by atoms with van der Waals surface area (Å²) in [5, 5.41) is 7.32. The molecule has 36 heavy (non-hydrogen) atoms. The van der Waals surface area contributed by atoms with Crippen LogP contribution >= 0.6 is 0 Å². The molecule has 10 heteroatoms. The second-order valence-electron chi connectivity index (χ2n) is 8.84. The van der Waals surface area contributed by atoms with Crippen molar-refractivity contribution >= 4 is 17.5 Å². The van der Waals surface area contributed by atoms with Gasteiger partial charge in [0.1, 0.15) is 6.79 Å². The molecule has 1 N–H and O–H groups in total. The predicted octanol–water partition coefficient (Wildman–Crippen LogP) is 2.87. The number of aromatic nitrogens is 2. The quantitative estimate of drug-likeness (QED) is 0.401. The number of benzene rings is 2. The zero-order valence-electron chi connectivity index (χ0n) is 20.4. The third kappa shape index (κ3) is 4.33. The number of amides is 2. The van der Waals surface area contributed by atoms with Crippen LogP contribution in [0.15, 0.2) is 30.3 Å². The molecule has 9 nitrogen and oxygen atoms in total. The van der Waals surface area contributed by atoms with Gasteiger partial charge < -0.3 is 24.4 Å². The summed E-state index contributed by atoms with van der Waals surface area (Å²) in [5.41, 5.74) is 5.43. The van der Waals surface area contributed by atoms with Crippen molar-refractivity contribution in [1.82, 2.24) is 15.1 Å². The number of hydrogen-bond donors (Lipinski definition) is 1. The Hall–Kier alpha value is -3.76. The molecule has 0 aliphatic carbocycles. The first kappa shape index (κ1) is 24.0. The van der Waals surface area contributed by atoms with E-state index in [2.05, 4.69) is 10.4 Å². The number of nitrogens with zero attached hydrogens (tertiary/aromatic N) is 3. The second-order valence-corrected chi connectivity index (χ2v) is 8.84. The predicted molar refractivity (Wildman–Crippen MR) is 129 cm³/mol. The van der Waals surface area contributed by atoms with E-state index >= 15 is 4.39 Å². The van der Waals surface area contributed by atoms with Gasteiger partial charge in [-0.1, -0.05) is 12.1 Å². The Morgan fingerprint density at radius 2 is 2.03 bits per heavy atom. The molecule has 0 radical (unpaired) electrons. The smallest absolute Gasteiger partial charge is 0.265 e. The lowest BCUT2D eigenvalue weighted by Crippen LogP contribution is -2.39. The first-order chi connectivity index (χ1) is 17.4. The third-order valence-electron chi connectivity index (χ3n) is 6.56. The van der Waals surface area contributed by atoms with E-state index in [9.17, 15) is 9.59 Å². The normalized spacial score (nSPS) is 14.8. The number of hydrogen-bond acceptors (Lipinski definition) is 6. The summed E-state index contributed by atoms with van der Waals surface area (Å²) < 4.78 is 33.0. The highest BCUT2D eigenvalue weighted by Gasteiger charge is 2.31. The Bertz CT molecular complexity index is 1350. The maximum Gasteiger partial charge on any atom is 0.265 e. The van der Waals surface area contributed by atoms with Crippen molar-refractivity contribution in [2.24, 2.45) is 7.05 Å². The van der Waals surface area contributed by atoms with Crippen LogP contribution in [0, 0.1) is 12.7 Å². The Morgan fingerprint density at radius 3 is 2.83 bits per heavy atom. The van der Waals surface area contributed by atoms with E-state index in [-0.39, 0.29) is 44.1 Å². The minimum atomic E-state index is -0.575. The molecule has 0 fully saturated rings. The maximum atomic E-state index is 15.2. The number of methoxy groups -OCH3 is 1. The van der Waals surface area contributed by atoms with E-state index in [4.69, 9.17) is 14.2 Å². The Morgan fingerprint density at radius 1 is 1.19 bits per heavy atom. The molecule has 0 atom stereocenters. The zero-order chi connectivity index (χ0) is 25.4. The van der Waals surface area contributed by atoms with Gasteiger partial charge in [0.05, 0.1) is 30.2 Å². The summed E-state index contributed by atoms with van der Waals surface area (Å²) in [7, 11) is 3.35. The lowest BCUT2D eigenvalue weighted by molar-refractivity contribution is -0.121. The Balaban J connectivity index is 1.53. The summed E-state index contributed by atoms with van der Waals surface area (Å²) in [6, 6.07) is 8.62. The van der Waals surface area contributed by atoms with Gasteiger partial charge in [0.25, 0.3) is 11.8 Å². The van der Waals surface area contributed by atoms with Gasteiger partial charge in [-0.2, -0.15) is 5.10 Å². The van der Waals surface area contributed by atoms with Gasteiger partial charge in [-0.25, -0.2) is 4.39 Å². The van der Waals surface area contributed by atoms with Crippen LogP contribution in [-0.4, -0.2) is 48.6 Å². The highest BCUT2D eigenvalue weighted by Crippen LogP contribution is 2.40. The summed E-state index contributed by atoms with van der Waals surface area (Å²) >= 11 is 0. The van der Waals surface area contributed by atoms with Crippen LogP contribution in [0.1, 0.15) is 32.9 Å². The van der Waals surface area contributed by atoms with Crippen LogP contribution in [0.3, 0.4) is 0 Å². The molecule has 3 aromatic rings. The fourth-order valence-electron chi connectivity index (χ4n) is 4.72. The fraction of sp³-hybridized carbons (Fsp3) is 0.346. The van der Waals surface area contributed by atoms with Crippen LogP contribution in [-0.2, 0) is 40.9 Å². The van der Waals surface area contributed by atoms with Crippen LogP contribution < -0.4 is 15.0 Å². The summed E-state index contributed by atoms with van der Waals surface area (Å²) in [6.45, 7) is 2.73. The molecule has 5 rings (SSSR count). The van der Waals surface area contributed by atoms with Crippen molar-refractivity contribution in [3.05, 3.63) is 64.2 Å². The van der Waals surface area contributed by atoms with Crippen molar-refractivity contribution in [3.63, 3.8) is 0 Å². The number of aryl methyl sites for hydroxylation is 2. The highest BCUT2D eigenvalue weighted by molar-refractivity contribution is 6.00. The van der Waals surface area contributed by atoms with Gasteiger partial charge >= 0.3 is 0 Å². The molecule has 0 saturated heterocycles. The Labute approximate surface area is 207 Å². The number of nitrogens with one attached hydrogen (secondary N) is 1. The second kappa shape index (κ2) is 9.71. The van der Waals surface area contributed by atoms with Gasteiger partial charge in [0.2, 0.25) is 0 Å². The standard InChI is InChI=1S/C26H27FN4O5/c1-15-20(23(30(2)29-15)12-35-14-34-3)11-31-22-10-18(9-21(27)25(22)36-13-24(31)32)17-5-4-16-6-7-28-26(33)19(16)8-17/h4-5,8-10H,6-7,11-14H2,1-3H3,(H,28,33). The number of carbonyl (C=O) groups is 2. The molecular weight excluding hydrogens is 467 g/mol. The molecule has 2 aliphatic rings. The molecular formula is C26H27FN4O5. The number of carbonyl (C=O) groups excluding carboxylic acids is 2. The number of anilines is 1. The third-order valence-corrected chi connectivity index (χ3v) is 6.56. The van der Waals surface area contributed by atoms with Crippen molar-refractivity contribution in [2.75, 3.05) is 32.0 Å². The van der Waals surface area contributed by atoms with Crippen molar-refractivity contribution in [1.29, 1.82) is 0 Å². The molecule has 188 valence electrons. The molecule has 0 unspecified atom stereocenters. The van der Waals surface area contributed by atoms with Crippen LogP contribution in [0.25, 0.3) is 11.1 Å². The number of fused-ring (bicyclic) bond motifs is 2. The van der Waals surface area contributed by atoms with Crippen molar-refractivity contribution in [3.8, 4) is 16.9 Å². The monoisotopic (exact) mass is 494 g/mol. The first-order valence-electron chi connectivity index (χ1n) is 11.6. The molecule has 0 bridgehead atoms. The van der Waals surface area contributed by atoms with Gasteiger partial charge in [0.15, 0.2) is 18.2 Å². The topological polar surface area (TPSA) is 94.9 Å². The average Bonchev–Trinajstić information content (AvgIpc) is 3.13. The zero-order valence-corrected chi connectivity index (χ0v) is 20.4. The number of rotatable bonds is 7. The number of ether oxygens (including phenoxy) is 3. The van der Waals surface area contributed by atoms with E-state index in [1.165, 1.54) is 11.0 Å². The number of halogens is 1. The van der Waals surface area contributed by atoms with Crippen LogP contribution in [0.5, 0.6) is 5.75 Å². The Kier molecular flexibility index (Phi) is 6.46. The van der Waals surface area contributed by atoms with E-state index < -0.39 is 5.82 Å². The summed E-state index contributed by atoms with van der Waals surface area (Å²) in [4.78, 5) is 26.8. The van der Waals surface area contributed by atoms with Gasteiger partial charge in [-0.3, -0.25) is 14.3 Å². The van der Waals surface area contributed by atoms with Gasteiger partial charge in [-0.15, -0.1) is 0 Å². The summed E-state index contributed by atoms with van der Waals surface area (Å²) in [5.74, 6) is -0.996. The van der Waals surface area contributed by atoms with E-state index in [1.54, 1.807) is 31.0 Å². The highest BCUT2D eigenvalue weighted by atomic mass is 19.1. The van der Waals surface area contributed by atoms with Gasteiger partial charge in [0, 0.05) is 31.8 Å². The van der Waals surface area contributed by atoms with E-state index in [0.717, 1.165) is 28.9 Å². The van der Waals surface area contributed by atoms with Crippen molar-refractivity contribution < 1.29 is 28.2 Å². The molecule has 0 saturated carbocycles. The fourth-order valence-corrected chi connectivity index (χ4v) is 4.72. The molecule has 2 amide bonds. The van der Waals surface area contributed by atoms with E-state index in [0.29, 0.717) is 28.9 Å². The van der Waals surface area contributed by atoms with Crippen molar-refractivity contribution in [2.45, 2.75) is 26.5 Å². The average molecular weight is 495 g/mol. The SMILES string of the molecule is COCOCc1c(CN2C(=O)COc3c(F)cc(-c4ccc5c(c4)C(=O)NCC5)cc32)c(C)nn1C. The minimum absolute atomic E-state index is 0.0211. The maximum absolute atomic E-state index is 15.2. The molecule has 1 aromatic heterocycles. The van der Waals surface area contributed by atoms with Gasteiger partial charge in [-0.05, 0) is 48.2 Å². The summed E-state index contributed by atoms with van der Waals surface area (Å²) in [6.07, 6.45) is 0.747. The molecule has 2 aliphatic heterocycles. The first-order valence-corrected chi connectivity index (χ1v) is 11.6. The molecule has 3 heterocycles.